The summed E-state index contributed by atoms with van der Waals surface area (Å²) in [6, 6.07) is 5.66. The standard InChI is InChI=1S/C17H22N4O3/c1-17(2,3)24-16(23)20-6-7-21(15(22)10-20)11-4-5-14-12(8-11)13(18)9-19-14/h4-5,8-9,19H,6-7,10,18H2,1-3H3. The van der Waals surface area contributed by atoms with Gasteiger partial charge in [-0.1, -0.05) is 0 Å². The minimum absolute atomic E-state index is 0.00949. The van der Waals surface area contributed by atoms with Gasteiger partial charge in [-0.25, -0.2) is 4.79 Å². The Morgan fingerprint density at radius 1 is 1.29 bits per heavy atom. The van der Waals surface area contributed by atoms with Crippen molar-refractivity contribution < 1.29 is 14.3 Å². The Morgan fingerprint density at radius 2 is 2.04 bits per heavy atom. The van der Waals surface area contributed by atoms with Crippen LogP contribution in [-0.4, -0.2) is 47.1 Å². The fourth-order valence-electron chi connectivity index (χ4n) is 2.73. The van der Waals surface area contributed by atoms with Crippen LogP contribution in [0.1, 0.15) is 20.8 Å². The maximum absolute atomic E-state index is 12.5. The molecule has 0 spiro atoms. The molecule has 7 nitrogen and oxygen atoms in total. The average molecular weight is 330 g/mol. The van der Waals surface area contributed by atoms with E-state index in [1.54, 1.807) is 31.9 Å². The van der Waals surface area contributed by atoms with Crippen molar-refractivity contribution in [1.82, 2.24) is 9.88 Å². The number of hydrogen-bond donors (Lipinski definition) is 2. The Bertz CT molecular complexity index is 791. The molecular weight excluding hydrogens is 308 g/mol. The highest BCUT2D eigenvalue weighted by Gasteiger charge is 2.31. The second-order valence-corrected chi connectivity index (χ2v) is 6.92. The number of amides is 2. The summed E-state index contributed by atoms with van der Waals surface area (Å²) in [7, 11) is 0. The first-order valence-electron chi connectivity index (χ1n) is 7.89. The lowest BCUT2D eigenvalue weighted by Crippen LogP contribution is -2.53. The van der Waals surface area contributed by atoms with Crippen molar-refractivity contribution in [1.29, 1.82) is 0 Å². The van der Waals surface area contributed by atoms with Gasteiger partial charge in [0.25, 0.3) is 0 Å². The number of aromatic nitrogens is 1. The number of aromatic amines is 1. The zero-order chi connectivity index (χ0) is 17.5. The highest BCUT2D eigenvalue weighted by atomic mass is 16.6. The molecule has 0 aliphatic carbocycles. The summed E-state index contributed by atoms with van der Waals surface area (Å²) in [4.78, 5) is 30.8. The van der Waals surface area contributed by atoms with Gasteiger partial charge in [0.05, 0.1) is 5.69 Å². The highest BCUT2D eigenvalue weighted by Crippen LogP contribution is 2.27. The Labute approximate surface area is 140 Å². The Kier molecular flexibility index (Phi) is 3.87. The zero-order valence-electron chi connectivity index (χ0n) is 14.1. The predicted octanol–water partition coefficient (Wildman–Crippen LogP) is 2.33. The van der Waals surface area contributed by atoms with Crippen LogP contribution < -0.4 is 10.6 Å². The lowest BCUT2D eigenvalue weighted by Gasteiger charge is -2.35. The van der Waals surface area contributed by atoms with E-state index in [1.165, 1.54) is 4.90 Å². The minimum Gasteiger partial charge on any atom is -0.444 e. The van der Waals surface area contributed by atoms with Crippen LogP contribution >= 0.6 is 0 Å². The topological polar surface area (TPSA) is 91.7 Å². The maximum atomic E-state index is 12.5. The molecule has 1 fully saturated rings. The third kappa shape index (κ3) is 3.15. The SMILES string of the molecule is CC(C)(C)OC(=O)N1CCN(c2ccc3[nH]cc(N)c3c2)C(=O)C1. The fraction of sp³-hybridized carbons (Fsp3) is 0.412. The van der Waals surface area contributed by atoms with Gasteiger partial charge in [0.15, 0.2) is 0 Å². The molecule has 7 heteroatoms. The number of nitrogens with zero attached hydrogens (tertiary/aromatic N) is 2. The molecule has 1 aliphatic heterocycles. The summed E-state index contributed by atoms with van der Waals surface area (Å²) in [5.41, 5.74) is 7.70. The van der Waals surface area contributed by atoms with Crippen LogP contribution in [0.5, 0.6) is 0 Å². The van der Waals surface area contributed by atoms with Crippen molar-refractivity contribution in [2.75, 3.05) is 30.3 Å². The normalized spacial score (nSPS) is 15.9. The van der Waals surface area contributed by atoms with Crippen molar-refractivity contribution in [3.63, 3.8) is 0 Å². The first kappa shape index (κ1) is 16.2. The molecule has 1 saturated heterocycles. The molecule has 2 heterocycles. The quantitative estimate of drug-likeness (QED) is 0.839. The lowest BCUT2D eigenvalue weighted by atomic mass is 10.2. The number of hydrogen-bond acceptors (Lipinski definition) is 4. The third-order valence-corrected chi connectivity index (χ3v) is 3.88. The lowest BCUT2D eigenvalue weighted by molar-refractivity contribution is -0.121. The molecule has 3 rings (SSSR count). The van der Waals surface area contributed by atoms with Crippen LogP contribution in [0.15, 0.2) is 24.4 Å². The number of H-pyrrole nitrogens is 1. The molecule has 1 aliphatic rings. The van der Waals surface area contributed by atoms with Gasteiger partial charge in [-0.3, -0.25) is 9.69 Å². The van der Waals surface area contributed by atoms with E-state index in [4.69, 9.17) is 10.5 Å². The van der Waals surface area contributed by atoms with Crippen LogP contribution in [-0.2, 0) is 9.53 Å². The number of piperazine rings is 1. The Morgan fingerprint density at radius 3 is 2.71 bits per heavy atom. The average Bonchev–Trinajstić information content (AvgIpc) is 2.86. The predicted molar refractivity (Wildman–Crippen MR) is 92.9 cm³/mol. The molecule has 0 unspecified atom stereocenters. The summed E-state index contributed by atoms with van der Waals surface area (Å²) in [5.74, 6) is -0.138. The van der Waals surface area contributed by atoms with Crippen molar-refractivity contribution in [2.45, 2.75) is 26.4 Å². The van der Waals surface area contributed by atoms with Gasteiger partial charge in [0.1, 0.15) is 12.1 Å². The summed E-state index contributed by atoms with van der Waals surface area (Å²) < 4.78 is 5.33. The first-order valence-corrected chi connectivity index (χ1v) is 7.89. The number of nitrogens with one attached hydrogen (secondary N) is 1. The van der Waals surface area contributed by atoms with Crippen LogP contribution in [0.2, 0.25) is 0 Å². The van der Waals surface area contributed by atoms with Gasteiger partial charge in [-0.15, -0.1) is 0 Å². The number of nitrogen functional groups attached to an aromatic ring is 1. The molecule has 128 valence electrons. The number of fused-ring (bicyclic) bond motifs is 1. The van der Waals surface area contributed by atoms with Crippen LogP contribution in [0.4, 0.5) is 16.2 Å². The third-order valence-electron chi connectivity index (χ3n) is 3.88. The molecule has 24 heavy (non-hydrogen) atoms. The molecule has 1 aromatic heterocycles. The van der Waals surface area contributed by atoms with Crippen molar-refractivity contribution in [3.05, 3.63) is 24.4 Å². The van der Waals surface area contributed by atoms with Crippen molar-refractivity contribution in [2.24, 2.45) is 0 Å². The van der Waals surface area contributed by atoms with Crippen LogP contribution in [0, 0.1) is 0 Å². The highest BCUT2D eigenvalue weighted by molar-refractivity contribution is 6.01. The number of ether oxygens (including phenoxy) is 1. The number of rotatable bonds is 1. The largest absolute Gasteiger partial charge is 0.444 e. The van der Waals surface area contributed by atoms with Gasteiger partial charge in [0.2, 0.25) is 5.91 Å². The van der Waals surface area contributed by atoms with E-state index in [1.807, 2.05) is 18.2 Å². The molecular formula is C17H22N4O3. The number of carbonyl (C=O) groups excluding carboxylic acids is 2. The van der Waals surface area contributed by atoms with E-state index in [0.29, 0.717) is 18.8 Å². The van der Waals surface area contributed by atoms with Gasteiger partial charge in [-0.05, 0) is 39.0 Å². The van der Waals surface area contributed by atoms with E-state index < -0.39 is 11.7 Å². The number of nitrogens with two attached hydrogens (primary N) is 1. The molecule has 0 radical (unpaired) electrons. The minimum atomic E-state index is -0.575. The first-order chi connectivity index (χ1) is 11.2. The molecule has 0 atom stereocenters. The monoisotopic (exact) mass is 330 g/mol. The van der Waals surface area contributed by atoms with Crippen LogP contribution in [0.3, 0.4) is 0 Å². The Balaban J connectivity index is 1.74. The van der Waals surface area contributed by atoms with Gasteiger partial charge >= 0.3 is 6.09 Å². The number of benzene rings is 1. The van der Waals surface area contributed by atoms with E-state index in [9.17, 15) is 9.59 Å². The van der Waals surface area contributed by atoms with E-state index in [0.717, 1.165) is 16.6 Å². The molecule has 1 aromatic carbocycles. The zero-order valence-corrected chi connectivity index (χ0v) is 14.1. The smallest absolute Gasteiger partial charge is 0.410 e. The van der Waals surface area contributed by atoms with E-state index in [2.05, 4.69) is 4.98 Å². The molecule has 2 aromatic rings. The van der Waals surface area contributed by atoms with Gasteiger partial charge < -0.3 is 20.4 Å². The fourth-order valence-corrected chi connectivity index (χ4v) is 2.73. The van der Waals surface area contributed by atoms with E-state index >= 15 is 0 Å². The molecule has 0 bridgehead atoms. The molecule has 3 N–H and O–H groups in total. The van der Waals surface area contributed by atoms with Crippen molar-refractivity contribution in [3.8, 4) is 0 Å². The maximum Gasteiger partial charge on any atom is 0.410 e. The summed E-state index contributed by atoms with van der Waals surface area (Å²) in [5, 5.41) is 0.884. The van der Waals surface area contributed by atoms with Gasteiger partial charge in [0, 0.05) is 35.9 Å². The molecule has 2 amide bonds. The van der Waals surface area contributed by atoms with Gasteiger partial charge in [-0.2, -0.15) is 0 Å². The van der Waals surface area contributed by atoms with Crippen LogP contribution in [0.25, 0.3) is 10.9 Å². The second kappa shape index (κ2) is 5.74. The summed E-state index contributed by atoms with van der Waals surface area (Å²) >= 11 is 0. The summed E-state index contributed by atoms with van der Waals surface area (Å²) in [6.45, 7) is 6.28. The second-order valence-electron chi connectivity index (χ2n) is 6.92. The summed E-state index contributed by atoms with van der Waals surface area (Å²) in [6.07, 6.45) is 1.28. The molecule has 0 saturated carbocycles. The van der Waals surface area contributed by atoms with E-state index in [-0.39, 0.29) is 12.5 Å². The Hall–Kier alpha value is -2.70. The number of anilines is 2. The number of carbonyl (C=O) groups is 2. The van der Waals surface area contributed by atoms with Crippen molar-refractivity contribution >= 4 is 34.3 Å².